The topological polar surface area (TPSA) is 30.7 Å². The highest BCUT2D eigenvalue weighted by molar-refractivity contribution is 9.10. The average molecular weight is 310 g/mol. The summed E-state index contributed by atoms with van der Waals surface area (Å²) in [6.45, 7) is 0. The van der Waals surface area contributed by atoms with E-state index in [1.54, 1.807) is 11.8 Å². The molecule has 1 heterocycles. The first-order valence-corrected chi connectivity index (χ1v) is 7.38. The zero-order chi connectivity index (χ0) is 11.7. The van der Waals surface area contributed by atoms with E-state index in [2.05, 4.69) is 48.9 Å². The summed E-state index contributed by atoms with van der Waals surface area (Å²) in [6, 6.07) is 8.94. The normalized spacial score (nSPS) is 15.1. The predicted octanol–water partition coefficient (Wildman–Crippen LogP) is 3.67. The molecule has 0 unspecified atom stereocenters. The lowest BCUT2D eigenvalue weighted by atomic mass is 10.2. The molecule has 1 aliphatic carbocycles. The van der Waals surface area contributed by atoms with Crippen molar-refractivity contribution in [2.45, 2.75) is 29.8 Å². The van der Waals surface area contributed by atoms with Gasteiger partial charge in [0.25, 0.3) is 0 Å². The number of hydrogen-bond donors (Lipinski definition) is 0. The Morgan fingerprint density at radius 3 is 2.94 bits per heavy atom. The van der Waals surface area contributed by atoms with Crippen molar-refractivity contribution < 1.29 is 0 Å². The van der Waals surface area contributed by atoms with Crippen LogP contribution in [0.4, 0.5) is 0 Å². The van der Waals surface area contributed by atoms with E-state index in [1.165, 1.54) is 18.4 Å². The van der Waals surface area contributed by atoms with Crippen molar-refractivity contribution in [2.75, 3.05) is 0 Å². The summed E-state index contributed by atoms with van der Waals surface area (Å²) in [5, 5.41) is 9.21. The van der Waals surface area contributed by atoms with Crippen LogP contribution in [0.15, 0.2) is 40.2 Å². The number of aromatic nitrogens is 3. The molecule has 88 valence electrons. The van der Waals surface area contributed by atoms with Crippen LogP contribution in [-0.4, -0.2) is 14.8 Å². The van der Waals surface area contributed by atoms with Gasteiger partial charge in [-0.15, -0.1) is 10.2 Å². The van der Waals surface area contributed by atoms with Crippen LogP contribution in [0.5, 0.6) is 0 Å². The highest BCUT2D eigenvalue weighted by Crippen LogP contribution is 2.38. The van der Waals surface area contributed by atoms with E-state index in [-0.39, 0.29) is 0 Å². The van der Waals surface area contributed by atoms with E-state index < -0.39 is 0 Å². The summed E-state index contributed by atoms with van der Waals surface area (Å²) < 4.78 is 3.35. The Hall–Kier alpha value is -0.810. The van der Waals surface area contributed by atoms with E-state index >= 15 is 0 Å². The van der Waals surface area contributed by atoms with Crippen molar-refractivity contribution in [3.63, 3.8) is 0 Å². The highest BCUT2D eigenvalue weighted by atomic mass is 79.9. The molecule has 1 aromatic carbocycles. The second kappa shape index (κ2) is 4.82. The zero-order valence-electron chi connectivity index (χ0n) is 9.21. The lowest BCUT2D eigenvalue weighted by Crippen LogP contribution is -1.94. The monoisotopic (exact) mass is 309 g/mol. The summed E-state index contributed by atoms with van der Waals surface area (Å²) in [5.41, 5.74) is 1.29. The molecule has 1 fully saturated rings. The third-order valence-corrected chi connectivity index (χ3v) is 4.57. The van der Waals surface area contributed by atoms with Gasteiger partial charge in [-0.05, 0) is 24.5 Å². The quantitative estimate of drug-likeness (QED) is 0.807. The first kappa shape index (κ1) is 11.3. The Labute approximate surface area is 113 Å². The predicted molar refractivity (Wildman–Crippen MR) is 72.0 cm³/mol. The number of thioether (sulfide) groups is 1. The van der Waals surface area contributed by atoms with Gasteiger partial charge in [0.1, 0.15) is 6.33 Å². The fourth-order valence-electron chi connectivity index (χ4n) is 1.70. The smallest absolute Gasteiger partial charge is 0.191 e. The van der Waals surface area contributed by atoms with Gasteiger partial charge in [0.05, 0.1) is 0 Å². The van der Waals surface area contributed by atoms with Crippen LogP contribution in [0.3, 0.4) is 0 Å². The molecule has 0 radical (unpaired) electrons. The minimum absolute atomic E-state index is 0.645. The fourth-order valence-corrected chi connectivity index (χ4v) is 3.29. The first-order valence-electron chi connectivity index (χ1n) is 5.60. The molecular formula is C12H12BrN3S. The fraction of sp³-hybridized carbons (Fsp3) is 0.333. The van der Waals surface area contributed by atoms with Crippen LogP contribution in [-0.2, 0) is 5.75 Å². The Morgan fingerprint density at radius 1 is 1.35 bits per heavy atom. The van der Waals surface area contributed by atoms with Gasteiger partial charge in [0.2, 0.25) is 0 Å². The van der Waals surface area contributed by atoms with E-state index in [9.17, 15) is 0 Å². The van der Waals surface area contributed by atoms with Crippen molar-refractivity contribution in [1.82, 2.24) is 14.8 Å². The molecule has 0 atom stereocenters. The molecule has 0 bridgehead atoms. The third kappa shape index (κ3) is 2.55. The molecular weight excluding hydrogens is 298 g/mol. The standard InChI is InChI=1S/C12H12BrN3S/c13-11-4-2-1-3-9(11)7-17-12-15-14-8-16(12)10-5-6-10/h1-4,8,10H,5-7H2. The van der Waals surface area contributed by atoms with Gasteiger partial charge < -0.3 is 4.57 Å². The Balaban J connectivity index is 1.71. The lowest BCUT2D eigenvalue weighted by molar-refractivity contribution is 0.663. The molecule has 17 heavy (non-hydrogen) atoms. The molecule has 1 aliphatic rings. The van der Waals surface area contributed by atoms with E-state index in [4.69, 9.17) is 0 Å². The van der Waals surface area contributed by atoms with Crippen LogP contribution in [0.1, 0.15) is 24.4 Å². The van der Waals surface area contributed by atoms with Gasteiger partial charge in [0.15, 0.2) is 5.16 Å². The van der Waals surface area contributed by atoms with Crippen LogP contribution in [0, 0.1) is 0 Å². The molecule has 3 nitrogen and oxygen atoms in total. The molecule has 3 rings (SSSR count). The van der Waals surface area contributed by atoms with Crippen LogP contribution in [0.2, 0.25) is 0 Å². The van der Waals surface area contributed by atoms with E-state index in [0.717, 1.165) is 15.4 Å². The zero-order valence-corrected chi connectivity index (χ0v) is 11.6. The van der Waals surface area contributed by atoms with Crippen LogP contribution < -0.4 is 0 Å². The molecule has 0 amide bonds. The maximum atomic E-state index is 4.18. The summed E-state index contributed by atoms with van der Waals surface area (Å²) in [7, 11) is 0. The number of rotatable bonds is 4. The van der Waals surface area contributed by atoms with Crippen molar-refractivity contribution in [2.24, 2.45) is 0 Å². The minimum Gasteiger partial charge on any atom is -0.306 e. The summed E-state index contributed by atoms with van der Waals surface area (Å²) in [6.07, 6.45) is 4.38. The second-order valence-electron chi connectivity index (χ2n) is 4.13. The average Bonchev–Trinajstić information content (AvgIpc) is 3.08. The van der Waals surface area contributed by atoms with Crippen molar-refractivity contribution in [3.05, 3.63) is 40.6 Å². The van der Waals surface area contributed by atoms with Gasteiger partial charge in [-0.25, -0.2) is 0 Å². The maximum Gasteiger partial charge on any atom is 0.191 e. The minimum atomic E-state index is 0.645. The summed E-state index contributed by atoms with van der Waals surface area (Å²) in [4.78, 5) is 0. The molecule has 1 aromatic heterocycles. The molecule has 0 spiro atoms. The van der Waals surface area contributed by atoms with Gasteiger partial charge in [-0.1, -0.05) is 45.9 Å². The molecule has 0 N–H and O–H groups in total. The molecule has 0 aliphatic heterocycles. The van der Waals surface area contributed by atoms with E-state index in [0.29, 0.717) is 6.04 Å². The van der Waals surface area contributed by atoms with E-state index in [1.807, 2.05) is 12.4 Å². The number of benzene rings is 1. The lowest BCUT2D eigenvalue weighted by Gasteiger charge is -2.05. The van der Waals surface area contributed by atoms with Gasteiger partial charge >= 0.3 is 0 Å². The third-order valence-electron chi connectivity index (χ3n) is 2.80. The van der Waals surface area contributed by atoms with Gasteiger partial charge in [-0.2, -0.15) is 0 Å². The Bertz CT molecular complexity index is 522. The van der Waals surface area contributed by atoms with Gasteiger partial charge in [-0.3, -0.25) is 0 Å². The Morgan fingerprint density at radius 2 is 2.18 bits per heavy atom. The molecule has 5 heteroatoms. The van der Waals surface area contributed by atoms with Gasteiger partial charge in [0, 0.05) is 16.3 Å². The van der Waals surface area contributed by atoms with Crippen molar-refractivity contribution >= 4 is 27.7 Å². The number of halogens is 1. The second-order valence-corrected chi connectivity index (χ2v) is 5.93. The maximum absolute atomic E-state index is 4.18. The summed E-state index contributed by atoms with van der Waals surface area (Å²) >= 11 is 5.31. The number of nitrogens with zero attached hydrogens (tertiary/aromatic N) is 3. The summed E-state index contributed by atoms with van der Waals surface area (Å²) in [5.74, 6) is 0.923. The Kier molecular flexibility index (Phi) is 3.20. The SMILES string of the molecule is Brc1ccccc1CSc1nncn1C1CC1. The van der Waals surface area contributed by atoms with Crippen molar-refractivity contribution in [1.29, 1.82) is 0 Å². The highest BCUT2D eigenvalue weighted by Gasteiger charge is 2.26. The molecule has 0 saturated heterocycles. The van der Waals surface area contributed by atoms with Crippen molar-refractivity contribution in [3.8, 4) is 0 Å². The first-order chi connectivity index (χ1) is 8.34. The molecule has 2 aromatic rings. The van der Waals surface area contributed by atoms with Crippen LogP contribution >= 0.6 is 27.7 Å². The molecule has 1 saturated carbocycles. The number of hydrogen-bond acceptors (Lipinski definition) is 3. The largest absolute Gasteiger partial charge is 0.306 e. The van der Waals surface area contributed by atoms with Crippen LogP contribution in [0.25, 0.3) is 0 Å².